The van der Waals surface area contributed by atoms with Gasteiger partial charge in [0.15, 0.2) is 11.5 Å². The van der Waals surface area contributed by atoms with Crippen LogP contribution in [0.3, 0.4) is 0 Å². The third-order valence-corrected chi connectivity index (χ3v) is 6.19. The number of benzene rings is 2. The summed E-state index contributed by atoms with van der Waals surface area (Å²) >= 11 is 3.25. The van der Waals surface area contributed by atoms with Crippen LogP contribution in [-0.4, -0.2) is 37.4 Å². The molecule has 0 aliphatic rings. The molecule has 0 bridgehead atoms. The summed E-state index contributed by atoms with van der Waals surface area (Å²) < 4.78 is 10.6. The van der Waals surface area contributed by atoms with Crippen molar-refractivity contribution in [3.05, 3.63) is 59.1 Å². The number of amides is 1. The Balaban J connectivity index is 1.49. The number of carbonyl (C=O) groups excluding carboxylic acids is 1. The van der Waals surface area contributed by atoms with Crippen LogP contribution >= 0.6 is 23.1 Å². The number of carbonyl (C=O) groups is 1. The molecule has 0 saturated carbocycles. The number of methoxy groups -OCH3 is 2. The second-order valence-electron chi connectivity index (χ2n) is 6.40. The quantitative estimate of drug-likeness (QED) is 0.399. The summed E-state index contributed by atoms with van der Waals surface area (Å²) in [5.74, 6) is 2.16. The van der Waals surface area contributed by atoms with E-state index in [0.717, 1.165) is 22.0 Å². The molecule has 3 rings (SSSR count). The van der Waals surface area contributed by atoms with E-state index in [1.807, 2.05) is 23.6 Å². The van der Waals surface area contributed by atoms with Gasteiger partial charge in [0.2, 0.25) is 5.91 Å². The molecule has 7 heteroatoms. The normalized spacial score (nSPS) is 10.6. The van der Waals surface area contributed by atoms with E-state index < -0.39 is 0 Å². The fraction of sp³-hybridized carbons (Fsp3) is 0.273. The van der Waals surface area contributed by atoms with Crippen LogP contribution in [0.15, 0.2) is 52.7 Å². The number of thioether (sulfide) groups is 1. The van der Waals surface area contributed by atoms with E-state index in [4.69, 9.17) is 9.47 Å². The van der Waals surface area contributed by atoms with Gasteiger partial charge in [0.1, 0.15) is 5.01 Å². The number of ether oxygens (including phenoxy) is 2. The van der Waals surface area contributed by atoms with Crippen molar-refractivity contribution >= 4 is 29.0 Å². The number of aromatic nitrogens is 1. The first-order valence-electron chi connectivity index (χ1n) is 9.22. The Morgan fingerprint density at radius 2 is 1.86 bits per heavy atom. The Bertz CT molecular complexity index is 955. The predicted octanol–water partition coefficient (Wildman–Crippen LogP) is 4.59. The third kappa shape index (κ3) is 5.98. The Kier molecular flexibility index (Phi) is 7.55. The SMILES string of the molecule is COc1ccc(-c2nc(CC(=O)NCCSc3ccc(C)cc3)cs2)cc1OC. The summed E-state index contributed by atoms with van der Waals surface area (Å²) in [5.41, 5.74) is 2.95. The molecule has 0 fully saturated rings. The Hall–Kier alpha value is -2.51. The molecule has 1 amide bonds. The summed E-state index contributed by atoms with van der Waals surface area (Å²) in [4.78, 5) is 18.0. The van der Waals surface area contributed by atoms with Gasteiger partial charge in [-0.15, -0.1) is 23.1 Å². The van der Waals surface area contributed by atoms with Crippen molar-refractivity contribution in [3.8, 4) is 22.1 Å². The molecule has 0 aliphatic heterocycles. The van der Waals surface area contributed by atoms with Gasteiger partial charge in [0.25, 0.3) is 0 Å². The maximum absolute atomic E-state index is 12.2. The fourth-order valence-electron chi connectivity index (χ4n) is 2.71. The smallest absolute Gasteiger partial charge is 0.226 e. The van der Waals surface area contributed by atoms with Crippen molar-refractivity contribution in [2.24, 2.45) is 0 Å². The second-order valence-corrected chi connectivity index (χ2v) is 8.43. The van der Waals surface area contributed by atoms with Gasteiger partial charge in [-0.25, -0.2) is 4.98 Å². The molecule has 0 saturated heterocycles. The molecule has 0 spiro atoms. The van der Waals surface area contributed by atoms with E-state index in [1.165, 1.54) is 21.8 Å². The van der Waals surface area contributed by atoms with Crippen LogP contribution in [0.4, 0.5) is 0 Å². The molecule has 3 aromatic rings. The van der Waals surface area contributed by atoms with Gasteiger partial charge in [-0.05, 0) is 37.3 Å². The summed E-state index contributed by atoms with van der Waals surface area (Å²) in [5, 5.41) is 5.74. The number of hydrogen-bond acceptors (Lipinski definition) is 6. The minimum Gasteiger partial charge on any atom is -0.493 e. The fourth-order valence-corrected chi connectivity index (χ4v) is 4.30. The standard InChI is InChI=1S/C22H24N2O3S2/c1-15-4-7-18(8-5-15)28-11-10-23-21(25)13-17-14-29-22(24-17)16-6-9-19(26-2)20(12-16)27-3/h4-9,12,14H,10-11,13H2,1-3H3,(H,23,25). The predicted molar refractivity (Wildman–Crippen MR) is 119 cm³/mol. The van der Waals surface area contributed by atoms with Crippen LogP contribution in [-0.2, 0) is 11.2 Å². The van der Waals surface area contributed by atoms with Crippen molar-refractivity contribution in [3.63, 3.8) is 0 Å². The maximum atomic E-state index is 12.2. The van der Waals surface area contributed by atoms with Crippen LogP contribution in [0.2, 0.25) is 0 Å². The first kappa shape index (κ1) is 21.2. The Morgan fingerprint density at radius 1 is 1.10 bits per heavy atom. The molecule has 0 unspecified atom stereocenters. The van der Waals surface area contributed by atoms with Gasteiger partial charge in [0.05, 0.1) is 26.3 Å². The molecule has 2 aromatic carbocycles. The van der Waals surface area contributed by atoms with Gasteiger partial charge in [-0.1, -0.05) is 17.7 Å². The van der Waals surface area contributed by atoms with Crippen LogP contribution in [0, 0.1) is 6.92 Å². The molecule has 0 atom stereocenters. The molecule has 1 heterocycles. The van der Waals surface area contributed by atoms with Crippen LogP contribution in [0.5, 0.6) is 11.5 Å². The minimum absolute atomic E-state index is 0.0151. The zero-order valence-corrected chi connectivity index (χ0v) is 18.4. The highest BCUT2D eigenvalue weighted by Crippen LogP contribution is 2.33. The number of thiazole rings is 1. The number of aryl methyl sites for hydroxylation is 1. The van der Waals surface area contributed by atoms with Gasteiger partial charge in [-0.2, -0.15) is 0 Å². The molecule has 0 radical (unpaired) electrons. The first-order valence-corrected chi connectivity index (χ1v) is 11.1. The molecule has 29 heavy (non-hydrogen) atoms. The zero-order chi connectivity index (χ0) is 20.6. The van der Waals surface area contributed by atoms with E-state index in [2.05, 4.69) is 41.5 Å². The second kappa shape index (κ2) is 10.3. The topological polar surface area (TPSA) is 60.5 Å². The molecule has 1 aromatic heterocycles. The maximum Gasteiger partial charge on any atom is 0.226 e. The largest absolute Gasteiger partial charge is 0.493 e. The molecular weight excluding hydrogens is 404 g/mol. The highest BCUT2D eigenvalue weighted by atomic mass is 32.2. The number of nitrogens with zero attached hydrogens (tertiary/aromatic N) is 1. The molecular formula is C22H24N2O3S2. The van der Waals surface area contributed by atoms with E-state index in [0.29, 0.717) is 18.0 Å². The van der Waals surface area contributed by atoms with E-state index in [1.54, 1.807) is 26.0 Å². The summed E-state index contributed by atoms with van der Waals surface area (Å²) in [7, 11) is 3.22. The number of hydrogen-bond donors (Lipinski definition) is 1. The molecule has 0 aliphatic carbocycles. The first-order chi connectivity index (χ1) is 14.1. The van der Waals surface area contributed by atoms with Crippen molar-refractivity contribution in [1.82, 2.24) is 10.3 Å². The van der Waals surface area contributed by atoms with Crippen molar-refractivity contribution < 1.29 is 14.3 Å². The lowest BCUT2D eigenvalue weighted by Gasteiger charge is -2.08. The summed E-state index contributed by atoms with van der Waals surface area (Å²) in [6, 6.07) is 14.1. The van der Waals surface area contributed by atoms with E-state index in [9.17, 15) is 4.79 Å². The monoisotopic (exact) mass is 428 g/mol. The van der Waals surface area contributed by atoms with Crippen LogP contribution in [0.25, 0.3) is 10.6 Å². The Labute approximate surface area is 179 Å². The summed E-state index contributed by atoms with van der Waals surface area (Å²) in [6.45, 7) is 2.70. The van der Waals surface area contributed by atoms with Crippen LogP contribution in [0.1, 0.15) is 11.3 Å². The lowest BCUT2D eigenvalue weighted by molar-refractivity contribution is -0.120. The number of nitrogens with one attached hydrogen (secondary N) is 1. The third-order valence-electron chi connectivity index (χ3n) is 4.24. The molecule has 5 nitrogen and oxygen atoms in total. The zero-order valence-electron chi connectivity index (χ0n) is 16.7. The number of rotatable bonds is 9. The van der Waals surface area contributed by atoms with Crippen LogP contribution < -0.4 is 14.8 Å². The Morgan fingerprint density at radius 3 is 2.59 bits per heavy atom. The lowest BCUT2D eigenvalue weighted by atomic mass is 10.2. The summed E-state index contributed by atoms with van der Waals surface area (Å²) in [6.07, 6.45) is 0.277. The minimum atomic E-state index is -0.0151. The molecule has 152 valence electrons. The van der Waals surface area contributed by atoms with Gasteiger partial charge >= 0.3 is 0 Å². The highest BCUT2D eigenvalue weighted by molar-refractivity contribution is 7.99. The van der Waals surface area contributed by atoms with Crippen molar-refractivity contribution in [2.75, 3.05) is 26.5 Å². The highest BCUT2D eigenvalue weighted by Gasteiger charge is 2.11. The van der Waals surface area contributed by atoms with Gasteiger partial charge < -0.3 is 14.8 Å². The van der Waals surface area contributed by atoms with E-state index in [-0.39, 0.29) is 12.3 Å². The average molecular weight is 429 g/mol. The van der Waals surface area contributed by atoms with E-state index >= 15 is 0 Å². The average Bonchev–Trinajstić information content (AvgIpc) is 3.20. The lowest BCUT2D eigenvalue weighted by Crippen LogP contribution is -2.27. The molecule has 1 N–H and O–H groups in total. The van der Waals surface area contributed by atoms with Crippen molar-refractivity contribution in [2.45, 2.75) is 18.2 Å². The van der Waals surface area contributed by atoms with Crippen molar-refractivity contribution in [1.29, 1.82) is 0 Å². The van der Waals surface area contributed by atoms with Gasteiger partial charge in [0, 0.05) is 28.1 Å². The van der Waals surface area contributed by atoms with Gasteiger partial charge in [-0.3, -0.25) is 4.79 Å².